The van der Waals surface area contributed by atoms with Crippen molar-refractivity contribution in [3.05, 3.63) is 35.9 Å². The molecule has 148 valence electrons. The molecule has 0 saturated carbocycles. The van der Waals surface area contributed by atoms with E-state index in [1.807, 2.05) is 6.07 Å². The number of likely N-dealkylation sites (tertiary alicyclic amines) is 1. The molecule has 0 spiro atoms. The summed E-state index contributed by atoms with van der Waals surface area (Å²) in [6.45, 7) is 3.95. The second-order valence-corrected chi connectivity index (χ2v) is 6.41. The lowest BCUT2D eigenvalue weighted by atomic mass is 10.0. The molecule has 1 unspecified atom stereocenters. The molecule has 4 nitrogen and oxygen atoms in total. The van der Waals surface area contributed by atoms with E-state index in [0.717, 1.165) is 25.9 Å². The number of aliphatic imine (C=N–C) groups is 1. The van der Waals surface area contributed by atoms with Crippen molar-refractivity contribution in [3.8, 4) is 0 Å². The van der Waals surface area contributed by atoms with Gasteiger partial charge in [-0.1, -0.05) is 30.3 Å². The quantitative estimate of drug-likeness (QED) is 0.378. The van der Waals surface area contributed by atoms with Crippen molar-refractivity contribution in [2.45, 2.75) is 44.4 Å². The van der Waals surface area contributed by atoms with Gasteiger partial charge < -0.3 is 10.6 Å². The molecule has 0 bridgehead atoms. The van der Waals surface area contributed by atoms with Gasteiger partial charge in [-0.25, -0.2) is 0 Å². The number of benzene rings is 1. The SMILES string of the molecule is CN=C(NCCC(F)(F)F)NC1CCN(C(C)c2ccccc2)CC1.I. The first kappa shape index (κ1) is 23.0. The average molecular weight is 484 g/mol. The molecule has 1 aliphatic rings. The maximum atomic E-state index is 12.2. The molecule has 2 N–H and O–H groups in total. The van der Waals surface area contributed by atoms with E-state index >= 15 is 0 Å². The summed E-state index contributed by atoms with van der Waals surface area (Å²) in [5.41, 5.74) is 1.30. The second kappa shape index (κ2) is 11.0. The van der Waals surface area contributed by atoms with Gasteiger partial charge in [0.1, 0.15) is 0 Å². The van der Waals surface area contributed by atoms with Crippen LogP contribution in [0.1, 0.15) is 37.8 Å². The summed E-state index contributed by atoms with van der Waals surface area (Å²) in [4.78, 5) is 6.45. The number of rotatable bonds is 5. The van der Waals surface area contributed by atoms with Gasteiger partial charge in [-0.3, -0.25) is 9.89 Å². The van der Waals surface area contributed by atoms with E-state index in [-0.39, 0.29) is 36.6 Å². The molecule has 2 rings (SSSR count). The molecular weight excluding hydrogens is 456 g/mol. The molecule has 8 heteroatoms. The van der Waals surface area contributed by atoms with Crippen molar-refractivity contribution in [2.75, 3.05) is 26.7 Å². The highest BCUT2D eigenvalue weighted by Gasteiger charge is 2.27. The van der Waals surface area contributed by atoms with E-state index in [2.05, 4.69) is 51.7 Å². The van der Waals surface area contributed by atoms with Crippen LogP contribution < -0.4 is 10.6 Å². The minimum absolute atomic E-state index is 0. The van der Waals surface area contributed by atoms with Gasteiger partial charge in [0, 0.05) is 38.8 Å². The Labute approximate surface area is 170 Å². The van der Waals surface area contributed by atoms with Crippen LogP contribution in [0.15, 0.2) is 35.3 Å². The highest BCUT2D eigenvalue weighted by atomic mass is 127. The second-order valence-electron chi connectivity index (χ2n) is 6.41. The summed E-state index contributed by atoms with van der Waals surface area (Å²) in [7, 11) is 1.58. The molecule has 0 aliphatic carbocycles. The summed E-state index contributed by atoms with van der Waals surface area (Å²) in [5, 5.41) is 5.97. The van der Waals surface area contributed by atoms with Crippen molar-refractivity contribution in [1.82, 2.24) is 15.5 Å². The van der Waals surface area contributed by atoms with Gasteiger partial charge in [-0.05, 0) is 25.3 Å². The van der Waals surface area contributed by atoms with Crippen molar-refractivity contribution < 1.29 is 13.2 Å². The molecule has 26 heavy (non-hydrogen) atoms. The lowest BCUT2D eigenvalue weighted by Crippen LogP contribution is -2.49. The maximum Gasteiger partial charge on any atom is 0.390 e. The third kappa shape index (κ3) is 7.69. The molecule has 1 heterocycles. The standard InChI is InChI=1S/C18H27F3N4.HI/c1-14(15-6-4-3-5-7-15)25-12-8-16(9-13-25)24-17(22-2)23-11-10-18(19,20)21;/h3-7,14,16H,8-13H2,1-2H3,(H2,22,23,24);1H. The maximum absolute atomic E-state index is 12.2. The van der Waals surface area contributed by atoms with E-state index in [9.17, 15) is 13.2 Å². The minimum Gasteiger partial charge on any atom is -0.356 e. The lowest BCUT2D eigenvalue weighted by molar-refractivity contribution is -0.132. The van der Waals surface area contributed by atoms with Crippen LogP contribution in [0.25, 0.3) is 0 Å². The van der Waals surface area contributed by atoms with Crippen LogP contribution in [0, 0.1) is 0 Å². The molecule has 0 radical (unpaired) electrons. The van der Waals surface area contributed by atoms with Gasteiger partial charge in [0.15, 0.2) is 5.96 Å². The summed E-state index contributed by atoms with van der Waals surface area (Å²) in [6, 6.07) is 11.0. The highest BCUT2D eigenvalue weighted by molar-refractivity contribution is 14.0. The molecule has 0 aromatic heterocycles. The molecule has 1 aromatic carbocycles. The highest BCUT2D eigenvalue weighted by Crippen LogP contribution is 2.24. The van der Waals surface area contributed by atoms with Crippen molar-refractivity contribution in [3.63, 3.8) is 0 Å². The number of hydrogen-bond donors (Lipinski definition) is 2. The predicted octanol–water partition coefficient (Wildman–Crippen LogP) is 3.95. The van der Waals surface area contributed by atoms with Crippen LogP contribution in [-0.4, -0.2) is 49.8 Å². The van der Waals surface area contributed by atoms with E-state index in [4.69, 9.17) is 0 Å². The zero-order valence-corrected chi connectivity index (χ0v) is 17.6. The topological polar surface area (TPSA) is 39.7 Å². The van der Waals surface area contributed by atoms with Crippen LogP contribution in [0.3, 0.4) is 0 Å². The normalized spacial score (nSPS) is 18.1. The van der Waals surface area contributed by atoms with Crippen LogP contribution in [0.2, 0.25) is 0 Å². The lowest BCUT2D eigenvalue weighted by Gasteiger charge is -2.37. The van der Waals surface area contributed by atoms with Crippen molar-refractivity contribution >= 4 is 29.9 Å². The fourth-order valence-electron chi connectivity index (χ4n) is 3.08. The Kier molecular flexibility index (Phi) is 9.70. The number of nitrogens with one attached hydrogen (secondary N) is 2. The summed E-state index contributed by atoms with van der Waals surface area (Å²) in [5.74, 6) is 0.443. The van der Waals surface area contributed by atoms with Crippen LogP contribution >= 0.6 is 24.0 Å². The van der Waals surface area contributed by atoms with Gasteiger partial charge in [-0.15, -0.1) is 24.0 Å². The fourth-order valence-corrected chi connectivity index (χ4v) is 3.08. The van der Waals surface area contributed by atoms with E-state index in [0.29, 0.717) is 12.0 Å². The number of halogens is 4. The van der Waals surface area contributed by atoms with Gasteiger partial charge in [0.2, 0.25) is 0 Å². The summed E-state index contributed by atoms with van der Waals surface area (Å²) >= 11 is 0. The number of hydrogen-bond acceptors (Lipinski definition) is 2. The minimum atomic E-state index is -4.15. The first-order valence-electron chi connectivity index (χ1n) is 8.72. The average Bonchev–Trinajstić information content (AvgIpc) is 2.60. The molecule has 1 aliphatic heterocycles. The Balaban J connectivity index is 0.00000338. The first-order valence-corrected chi connectivity index (χ1v) is 8.72. The van der Waals surface area contributed by atoms with Crippen molar-refractivity contribution in [1.29, 1.82) is 0 Å². The van der Waals surface area contributed by atoms with E-state index < -0.39 is 12.6 Å². The Morgan fingerprint density at radius 2 is 1.85 bits per heavy atom. The Morgan fingerprint density at radius 3 is 2.38 bits per heavy atom. The van der Waals surface area contributed by atoms with Crippen molar-refractivity contribution in [2.24, 2.45) is 4.99 Å². The Bertz CT molecular complexity index is 543. The number of guanidine groups is 1. The summed E-state index contributed by atoms with van der Waals surface area (Å²) < 4.78 is 36.7. The number of nitrogens with zero attached hydrogens (tertiary/aromatic N) is 2. The predicted molar refractivity (Wildman–Crippen MR) is 110 cm³/mol. The van der Waals surface area contributed by atoms with Gasteiger partial charge >= 0.3 is 6.18 Å². The largest absolute Gasteiger partial charge is 0.390 e. The van der Waals surface area contributed by atoms with Gasteiger partial charge in [0.25, 0.3) is 0 Å². The van der Waals surface area contributed by atoms with Gasteiger partial charge in [-0.2, -0.15) is 13.2 Å². The third-order valence-corrected chi connectivity index (χ3v) is 4.62. The smallest absolute Gasteiger partial charge is 0.356 e. The number of piperidine rings is 1. The fraction of sp³-hybridized carbons (Fsp3) is 0.611. The molecule has 1 saturated heterocycles. The van der Waals surface area contributed by atoms with E-state index in [1.165, 1.54) is 5.56 Å². The third-order valence-electron chi connectivity index (χ3n) is 4.62. The van der Waals surface area contributed by atoms with Crippen LogP contribution in [-0.2, 0) is 0 Å². The van der Waals surface area contributed by atoms with E-state index in [1.54, 1.807) is 7.05 Å². The van der Waals surface area contributed by atoms with Gasteiger partial charge in [0.05, 0.1) is 6.42 Å². The molecule has 1 atom stereocenters. The molecule has 0 amide bonds. The first-order chi connectivity index (χ1) is 11.9. The zero-order valence-electron chi connectivity index (χ0n) is 15.2. The Hall–Kier alpha value is -1.03. The number of alkyl halides is 3. The molecular formula is C18H28F3IN4. The van der Waals surface area contributed by atoms with Crippen LogP contribution in [0.5, 0.6) is 0 Å². The Morgan fingerprint density at radius 1 is 1.23 bits per heavy atom. The molecule has 1 aromatic rings. The summed E-state index contributed by atoms with van der Waals surface area (Å²) in [6.07, 6.45) is -3.13. The zero-order chi connectivity index (χ0) is 18.3. The molecule has 1 fully saturated rings. The van der Waals surface area contributed by atoms with Crippen LogP contribution in [0.4, 0.5) is 13.2 Å². The monoisotopic (exact) mass is 484 g/mol.